The Kier molecular flexibility index (Phi) is 3.83. The maximum atomic E-state index is 5.80. The van der Waals surface area contributed by atoms with E-state index in [0.29, 0.717) is 12.1 Å². The minimum atomic E-state index is 0.409. The highest BCUT2D eigenvalue weighted by Gasteiger charge is 2.16. The molecule has 0 radical (unpaired) electrons. The van der Waals surface area contributed by atoms with Crippen LogP contribution in [0.2, 0.25) is 0 Å². The van der Waals surface area contributed by atoms with E-state index < -0.39 is 0 Å². The SMILES string of the molecule is CC(NC1CCCCC1)c1cccc(N)c1. The van der Waals surface area contributed by atoms with Crippen LogP contribution in [0.4, 0.5) is 5.69 Å². The molecule has 0 saturated heterocycles. The summed E-state index contributed by atoms with van der Waals surface area (Å²) in [4.78, 5) is 0. The monoisotopic (exact) mass is 218 g/mol. The Balaban J connectivity index is 1.94. The number of anilines is 1. The van der Waals surface area contributed by atoms with Crippen LogP contribution in [0.1, 0.15) is 50.6 Å². The number of rotatable bonds is 3. The number of nitrogen functional groups attached to an aromatic ring is 1. The van der Waals surface area contributed by atoms with E-state index >= 15 is 0 Å². The minimum Gasteiger partial charge on any atom is -0.399 e. The van der Waals surface area contributed by atoms with Crippen molar-refractivity contribution in [2.45, 2.75) is 51.1 Å². The predicted molar refractivity (Wildman–Crippen MR) is 69.3 cm³/mol. The molecule has 16 heavy (non-hydrogen) atoms. The molecule has 2 heteroatoms. The first-order valence-electron chi connectivity index (χ1n) is 6.37. The Morgan fingerprint density at radius 3 is 2.69 bits per heavy atom. The van der Waals surface area contributed by atoms with Crippen molar-refractivity contribution in [3.63, 3.8) is 0 Å². The molecule has 0 bridgehead atoms. The second-order valence-corrected chi connectivity index (χ2v) is 4.89. The van der Waals surface area contributed by atoms with Crippen LogP contribution in [0.25, 0.3) is 0 Å². The van der Waals surface area contributed by atoms with Crippen LogP contribution in [0.15, 0.2) is 24.3 Å². The Labute approximate surface area is 98.2 Å². The number of nitrogens with one attached hydrogen (secondary N) is 1. The van der Waals surface area contributed by atoms with Crippen molar-refractivity contribution < 1.29 is 0 Å². The van der Waals surface area contributed by atoms with E-state index in [4.69, 9.17) is 5.73 Å². The lowest BCUT2D eigenvalue weighted by Gasteiger charge is -2.27. The van der Waals surface area contributed by atoms with Crippen molar-refractivity contribution >= 4 is 5.69 Å². The molecule has 1 atom stereocenters. The van der Waals surface area contributed by atoms with Crippen LogP contribution in [-0.4, -0.2) is 6.04 Å². The van der Waals surface area contributed by atoms with E-state index in [2.05, 4.69) is 24.4 Å². The highest BCUT2D eigenvalue weighted by atomic mass is 14.9. The van der Waals surface area contributed by atoms with Gasteiger partial charge in [0.05, 0.1) is 0 Å². The lowest BCUT2D eigenvalue weighted by Crippen LogP contribution is -2.33. The van der Waals surface area contributed by atoms with Gasteiger partial charge in [-0.1, -0.05) is 31.4 Å². The van der Waals surface area contributed by atoms with Crippen molar-refractivity contribution in [1.29, 1.82) is 0 Å². The molecule has 0 aliphatic heterocycles. The first-order valence-corrected chi connectivity index (χ1v) is 6.37. The summed E-state index contributed by atoms with van der Waals surface area (Å²) in [5.41, 5.74) is 7.95. The average Bonchev–Trinajstić information content (AvgIpc) is 2.30. The summed E-state index contributed by atoms with van der Waals surface area (Å²) in [5.74, 6) is 0. The third kappa shape index (κ3) is 2.99. The Hall–Kier alpha value is -1.02. The van der Waals surface area contributed by atoms with Crippen LogP contribution in [0, 0.1) is 0 Å². The zero-order valence-electron chi connectivity index (χ0n) is 10.1. The van der Waals surface area contributed by atoms with E-state index in [1.165, 1.54) is 37.7 Å². The fourth-order valence-electron chi connectivity index (χ4n) is 2.55. The fraction of sp³-hybridized carbons (Fsp3) is 0.571. The van der Waals surface area contributed by atoms with Gasteiger partial charge < -0.3 is 11.1 Å². The average molecular weight is 218 g/mol. The summed E-state index contributed by atoms with van der Waals surface area (Å²) in [6, 6.07) is 9.30. The van der Waals surface area contributed by atoms with Crippen LogP contribution < -0.4 is 11.1 Å². The van der Waals surface area contributed by atoms with Gasteiger partial charge in [0.15, 0.2) is 0 Å². The van der Waals surface area contributed by atoms with Crippen molar-refractivity contribution in [3.8, 4) is 0 Å². The molecular formula is C14H22N2. The maximum absolute atomic E-state index is 5.80. The minimum absolute atomic E-state index is 0.409. The van der Waals surface area contributed by atoms with Gasteiger partial charge in [-0.05, 0) is 37.5 Å². The van der Waals surface area contributed by atoms with Crippen molar-refractivity contribution in [2.75, 3.05) is 5.73 Å². The van der Waals surface area contributed by atoms with Gasteiger partial charge in [-0.25, -0.2) is 0 Å². The second kappa shape index (κ2) is 5.35. The number of nitrogens with two attached hydrogens (primary N) is 1. The highest BCUT2D eigenvalue weighted by Crippen LogP contribution is 2.22. The molecule has 1 fully saturated rings. The van der Waals surface area contributed by atoms with Crippen LogP contribution in [0.5, 0.6) is 0 Å². The molecule has 2 nitrogen and oxygen atoms in total. The van der Waals surface area contributed by atoms with Gasteiger partial charge in [-0.2, -0.15) is 0 Å². The number of benzene rings is 1. The first-order chi connectivity index (χ1) is 7.75. The molecule has 0 heterocycles. The molecular weight excluding hydrogens is 196 g/mol. The molecule has 2 rings (SSSR count). The van der Waals surface area contributed by atoms with E-state index in [1.54, 1.807) is 0 Å². The van der Waals surface area contributed by atoms with Crippen molar-refractivity contribution in [3.05, 3.63) is 29.8 Å². The summed E-state index contributed by atoms with van der Waals surface area (Å²) < 4.78 is 0. The lowest BCUT2D eigenvalue weighted by atomic mass is 9.94. The Morgan fingerprint density at radius 2 is 2.00 bits per heavy atom. The molecule has 88 valence electrons. The fourth-order valence-corrected chi connectivity index (χ4v) is 2.55. The second-order valence-electron chi connectivity index (χ2n) is 4.89. The van der Waals surface area contributed by atoms with Gasteiger partial charge >= 0.3 is 0 Å². The molecule has 1 saturated carbocycles. The molecule has 0 spiro atoms. The zero-order valence-corrected chi connectivity index (χ0v) is 10.1. The van der Waals surface area contributed by atoms with Gasteiger partial charge in [-0.15, -0.1) is 0 Å². The summed E-state index contributed by atoms with van der Waals surface area (Å²) >= 11 is 0. The normalized spacial score (nSPS) is 19.6. The van der Waals surface area contributed by atoms with Crippen molar-refractivity contribution in [1.82, 2.24) is 5.32 Å². The molecule has 0 aromatic heterocycles. The maximum Gasteiger partial charge on any atom is 0.0317 e. The molecule has 3 N–H and O–H groups in total. The Bertz CT molecular complexity index is 329. The van der Waals surface area contributed by atoms with Gasteiger partial charge in [0.2, 0.25) is 0 Å². The van der Waals surface area contributed by atoms with Crippen LogP contribution in [-0.2, 0) is 0 Å². The van der Waals surface area contributed by atoms with Gasteiger partial charge in [0, 0.05) is 17.8 Å². The number of hydrogen-bond acceptors (Lipinski definition) is 2. The standard InChI is InChI=1S/C14H22N2/c1-11(12-6-5-7-13(15)10-12)16-14-8-3-2-4-9-14/h5-7,10-11,14,16H,2-4,8-9,15H2,1H3. The topological polar surface area (TPSA) is 38.0 Å². The molecule has 0 amide bonds. The van der Waals surface area contributed by atoms with Gasteiger partial charge in [0.1, 0.15) is 0 Å². The third-order valence-corrected chi connectivity index (χ3v) is 3.50. The summed E-state index contributed by atoms with van der Waals surface area (Å²) in [6.45, 7) is 2.23. The zero-order chi connectivity index (χ0) is 11.4. The summed E-state index contributed by atoms with van der Waals surface area (Å²) in [5, 5.41) is 3.71. The lowest BCUT2D eigenvalue weighted by molar-refractivity contribution is 0.347. The molecule has 1 aliphatic rings. The molecule has 1 aromatic rings. The quantitative estimate of drug-likeness (QED) is 0.764. The molecule has 1 aliphatic carbocycles. The van der Waals surface area contributed by atoms with E-state index in [-0.39, 0.29) is 0 Å². The van der Waals surface area contributed by atoms with Crippen LogP contribution >= 0.6 is 0 Å². The molecule has 1 unspecified atom stereocenters. The molecule has 1 aromatic carbocycles. The smallest absolute Gasteiger partial charge is 0.0317 e. The summed E-state index contributed by atoms with van der Waals surface area (Å²) in [6.07, 6.45) is 6.81. The van der Waals surface area contributed by atoms with Gasteiger partial charge in [0.25, 0.3) is 0 Å². The largest absolute Gasteiger partial charge is 0.399 e. The predicted octanol–water partition coefficient (Wildman–Crippen LogP) is 3.25. The van der Waals surface area contributed by atoms with Crippen molar-refractivity contribution in [2.24, 2.45) is 0 Å². The Morgan fingerprint density at radius 1 is 1.25 bits per heavy atom. The van der Waals surface area contributed by atoms with E-state index in [9.17, 15) is 0 Å². The van der Waals surface area contributed by atoms with E-state index in [1.807, 2.05) is 12.1 Å². The summed E-state index contributed by atoms with van der Waals surface area (Å²) in [7, 11) is 0. The third-order valence-electron chi connectivity index (χ3n) is 3.50. The van der Waals surface area contributed by atoms with Crippen LogP contribution in [0.3, 0.4) is 0 Å². The van der Waals surface area contributed by atoms with E-state index in [0.717, 1.165) is 5.69 Å². The number of hydrogen-bond donors (Lipinski definition) is 2. The first kappa shape index (κ1) is 11.5. The van der Waals surface area contributed by atoms with Gasteiger partial charge in [-0.3, -0.25) is 0 Å². The highest BCUT2D eigenvalue weighted by molar-refractivity contribution is 5.41.